The van der Waals surface area contributed by atoms with Gasteiger partial charge < -0.3 is 13.5 Å². The first-order valence-electron chi connectivity index (χ1n) is 5.20. The molecule has 0 amide bonds. The van der Waals surface area contributed by atoms with Crippen LogP contribution in [0.3, 0.4) is 0 Å². The van der Waals surface area contributed by atoms with Gasteiger partial charge in [-0.25, -0.2) is 0 Å². The van der Waals surface area contributed by atoms with Crippen molar-refractivity contribution >= 4 is 21.9 Å². The van der Waals surface area contributed by atoms with E-state index in [9.17, 15) is 9.36 Å². The fourth-order valence-corrected chi connectivity index (χ4v) is 2.94. The molecule has 0 unspecified atom stereocenters. The summed E-state index contributed by atoms with van der Waals surface area (Å²) in [6.07, 6.45) is 0.915. The van der Waals surface area contributed by atoms with Crippen LogP contribution in [0, 0.1) is 6.16 Å². The maximum Gasteiger partial charge on any atom is 1.00 e. The Balaban J connectivity index is 0. The van der Waals surface area contributed by atoms with Crippen LogP contribution in [-0.2, 0) is 22.8 Å². The first-order valence-corrected chi connectivity index (χ1v) is 10.2. The second kappa shape index (κ2) is 8.41. The van der Waals surface area contributed by atoms with Crippen molar-refractivity contribution < 1.29 is 41.7 Å². The van der Waals surface area contributed by atoms with Gasteiger partial charge in [0.25, 0.3) is 0 Å². The van der Waals surface area contributed by atoms with Gasteiger partial charge in [-0.05, 0) is 33.5 Å². The summed E-state index contributed by atoms with van der Waals surface area (Å²) in [7, 11) is -5.42. The Morgan fingerprint density at radius 2 is 1.59 bits per heavy atom. The molecule has 5 nitrogen and oxygen atoms in total. The average molecular weight is 274 g/mol. The van der Waals surface area contributed by atoms with Crippen molar-refractivity contribution in [3.05, 3.63) is 6.16 Å². The van der Waals surface area contributed by atoms with Gasteiger partial charge in [-0.1, -0.05) is 0 Å². The van der Waals surface area contributed by atoms with Gasteiger partial charge >= 0.3 is 18.9 Å². The Morgan fingerprint density at radius 1 is 1.18 bits per heavy atom. The maximum absolute atomic E-state index is 11.9. The van der Waals surface area contributed by atoms with Crippen molar-refractivity contribution in [2.75, 3.05) is 13.2 Å². The number of carbonyl (C=O) groups excluding carboxylic acids is 1. The molecule has 0 saturated carbocycles. The summed E-state index contributed by atoms with van der Waals surface area (Å²) in [4.78, 5) is 11.4. The number of carbonyl (C=O) groups is 1. The first-order chi connectivity index (χ1) is 7.22. The van der Waals surface area contributed by atoms with Gasteiger partial charge in [-0.2, -0.15) is 6.16 Å². The molecule has 0 rings (SSSR count). The van der Waals surface area contributed by atoms with Crippen LogP contribution in [0.5, 0.6) is 0 Å². The Labute approximate surface area is 116 Å². The van der Waals surface area contributed by atoms with E-state index in [2.05, 4.69) is 0 Å². The van der Waals surface area contributed by atoms with Crippen LogP contribution < -0.4 is 18.9 Å². The molecule has 0 aromatic rings. The summed E-state index contributed by atoms with van der Waals surface area (Å²) in [5.41, 5.74) is 0. The summed E-state index contributed by atoms with van der Waals surface area (Å²) in [6.45, 7) is 9.40. The molecule has 0 saturated heterocycles. The second-order valence-corrected chi connectivity index (χ2v) is 10.3. The molecule has 0 aromatic carbocycles. The predicted octanol–water partition coefficient (Wildman–Crippen LogP) is -0.204. The van der Waals surface area contributed by atoms with E-state index in [1.165, 1.54) is 0 Å². The Bertz CT molecular complexity index is 269. The monoisotopic (exact) mass is 274 g/mol. The van der Waals surface area contributed by atoms with E-state index in [4.69, 9.17) is 13.5 Å². The smallest absolute Gasteiger partial charge is 0.540 e. The minimum absolute atomic E-state index is 0. The minimum Gasteiger partial charge on any atom is -0.540 e. The second-order valence-electron chi connectivity index (χ2n) is 4.04. The Morgan fingerprint density at radius 3 is 1.88 bits per heavy atom. The minimum atomic E-state index is -3.44. The summed E-state index contributed by atoms with van der Waals surface area (Å²) in [5.74, 6) is -0.635. The van der Waals surface area contributed by atoms with Crippen molar-refractivity contribution in [3.63, 3.8) is 0 Å². The summed E-state index contributed by atoms with van der Waals surface area (Å²) in [6, 6.07) is 0. The normalized spacial score (nSPS) is 11.6. The van der Waals surface area contributed by atoms with Crippen LogP contribution in [0.1, 0.15) is 13.8 Å². The van der Waals surface area contributed by atoms with E-state index < -0.39 is 21.9 Å². The third-order valence-electron chi connectivity index (χ3n) is 1.29. The molecule has 0 aromatic heterocycles. The zero-order valence-electron chi connectivity index (χ0n) is 11.5. The van der Waals surface area contributed by atoms with E-state index in [-0.39, 0.29) is 32.1 Å². The number of hydrogen-bond acceptors (Lipinski definition) is 5. The van der Waals surface area contributed by atoms with Crippen molar-refractivity contribution in [1.29, 1.82) is 0 Å². The van der Waals surface area contributed by atoms with Crippen molar-refractivity contribution in [1.82, 2.24) is 0 Å². The molecule has 17 heavy (non-hydrogen) atoms. The Hall–Kier alpha value is 0.304. The largest absolute Gasteiger partial charge is 1.00 e. The fraction of sp³-hybridized carbons (Fsp3) is 0.778. The van der Waals surface area contributed by atoms with E-state index >= 15 is 0 Å². The maximum atomic E-state index is 11.9. The van der Waals surface area contributed by atoms with Crippen LogP contribution in [0.15, 0.2) is 0 Å². The van der Waals surface area contributed by atoms with Gasteiger partial charge in [0, 0.05) is 0 Å². The van der Waals surface area contributed by atoms with Gasteiger partial charge in [-0.15, -0.1) is 0 Å². The quantitative estimate of drug-likeness (QED) is 0.365. The molecule has 0 atom stereocenters. The van der Waals surface area contributed by atoms with Crippen LogP contribution >= 0.6 is 7.60 Å². The molecule has 0 aliphatic rings. The van der Waals surface area contributed by atoms with Gasteiger partial charge in [0.15, 0.2) is 5.97 Å². The summed E-state index contributed by atoms with van der Waals surface area (Å²) < 4.78 is 27.0. The third-order valence-corrected chi connectivity index (χ3v) is 3.87. The molecule has 96 valence electrons. The standard InChI is InChI=1S/C9H20O5PSi.Li/c1-6-12-15(11,13-7-2)8-9(10)14-16(3,4)5;/h8H,6-7H2,1-5H3;/q-1;+1. The van der Waals surface area contributed by atoms with Crippen LogP contribution in [-0.4, -0.2) is 27.5 Å². The van der Waals surface area contributed by atoms with E-state index in [0.717, 1.165) is 6.16 Å². The van der Waals surface area contributed by atoms with Gasteiger partial charge in [-0.3, -0.25) is 9.36 Å². The number of hydrogen-bond donors (Lipinski definition) is 0. The van der Waals surface area contributed by atoms with Gasteiger partial charge in [0.05, 0.1) is 13.2 Å². The molecular formula is C9H20LiO5PSi. The van der Waals surface area contributed by atoms with Gasteiger partial charge in [0.1, 0.15) is 0 Å². The number of rotatable bonds is 7. The molecular weight excluding hydrogens is 254 g/mol. The van der Waals surface area contributed by atoms with E-state index in [1.807, 2.05) is 19.6 Å². The first kappa shape index (κ1) is 19.6. The van der Waals surface area contributed by atoms with E-state index in [0.29, 0.717) is 0 Å². The molecule has 8 heteroatoms. The molecule has 0 N–H and O–H groups in total. The topological polar surface area (TPSA) is 61.8 Å². The van der Waals surface area contributed by atoms with Crippen LogP contribution in [0.4, 0.5) is 0 Å². The predicted molar refractivity (Wildman–Crippen MR) is 64.6 cm³/mol. The molecule has 0 heterocycles. The average Bonchev–Trinajstić information content (AvgIpc) is 1.99. The zero-order valence-corrected chi connectivity index (χ0v) is 13.4. The third kappa shape index (κ3) is 9.96. The SMILES string of the molecule is CCOP(=O)([CH-]C(=O)O[Si](C)(C)C)OCC.[Li+]. The van der Waals surface area contributed by atoms with E-state index in [1.54, 1.807) is 13.8 Å². The summed E-state index contributed by atoms with van der Waals surface area (Å²) >= 11 is 0. The molecule has 0 fully saturated rings. The van der Waals surface area contributed by atoms with Crippen LogP contribution in [0.25, 0.3) is 0 Å². The van der Waals surface area contributed by atoms with Crippen molar-refractivity contribution in [3.8, 4) is 0 Å². The van der Waals surface area contributed by atoms with Gasteiger partial charge in [0.2, 0.25) is 15.9 Å². The van der Waals surface area contributed by atoms with Crippen molar-refractivity contribution in [2.24, 2.45) is 0 Å². The molecule has 0 aliphatic carbocycles. The molecule has 0 spiro atoms. The molecule has 0 bridgehead atoms. The van der Waals surface area contributed by atoms with Crippen LogP contribution in [0.2, 0.25) is 19.6 Å². The zero-order chi connectivity index (χ0) is 12.8. The molecule has 0 radical (unpaired) electrons. The van der Waals surface area contributed by atoms with Crippen molar-refractivity contribution in [2.45, 2.75) is 33.5 Å². The summed E-state index contributed by atoms with van der Waals surface area (Å²) in [5, 5.41) is 0. The molecule has 0 aliphatic heterocycles. The fourth-order valence-electron chi connectivity index (χ4n) is 0.929. The Kier molecular flexibility index (Phi) is 9.72.